The quantitative estimate of drug-likeness (QED) is 0.739. The van der Waals surface area contributed by atoms with Gasteiger partial charge in [0.25, 0.3) is 0 Å². The summed E-state index contributed by atoms with van der Waals surface area (Å²) in [5.74, 6) is 0.854. The van der Waals surface area contributed by atoms with Crippen molar-refractivity contribution in [3.05, 3.63) is 65.1 Å². The van der Waals surface area contributed by atoms with Crippen molar-refractivity contribution < 1.29 is 0 Å². The highest BCUT2D eigenvalue weighted by Crippen LogP contribution is 2.21. The van der Waals surface area contributed by atoms with Crippen LogP contribution in [-0.4, -0.2) is 4.98 Å². The van der Waals surface area contributed by atoms with Crippen molar-refractivity contribution in [1.82, 2.24) is 4.98 Å². The molecule has 88 valence electrons. The third kappa shape index (κ3) is 2.36. The van der Waals surface area contributed by atoms with Gasteiger partial charge in [-0.1, -0.05) is 40.2 Å². The molecule has 2 aromatic carbocycles. The summed E-state index contributed by atoms with van der Waals surface area (Å²) >= 11 is 3.45. The van der Waals surface area contributed by atoms with Gasteiger partial charge in [-0.15, -0.1) is 0 Å². The number of benzene rings is 2. The summed E-state index contributed by atoms with van der Waals surface area (Å²) in [6.45, 7) is 0. The van der Waals surface area contributed by atoms with Crippen LogP contribution in [0.3, 0.4) is 0 Å². The number of halogens is 1. The first-order valence-electron chi connectivity index (χ1n) is 5.70. The normalized spacial score (nSPS) is 10.5. The molecular weight excluding hydrogens is 288 g/mol. The maximum atomic E-state index is 4.57. The van der Waals surface area contributed by atoms with Crippen LogP contribution in [0.4, 0.5) is 11.5 Å². The number of fused-ring (bicyclic) bond motifs is 1. The molecule has 1 aromatic heterocycles. The van der Waals surface area contributed by atoms with Gasteiger partial charge in [0.15, 0.2) is 0 Å². The molecule has 1 heterocycles. The fourth-order valence-electron chi connectivity index (χ4n) is 1.85. The molecule has 0 spiro atoms. The number of nitrogens with zero attached hydrogens (tertiary/aromatic N) is 1. The van der Waals surface area contributed by atoms with E-state index in [1.807, 2.05) is 48.5 Å². The molecule has 1 N–H and O–H groups in total. The van der Waals surface area contributed by atoms with E-state index in [0.29, 0.717) is 0 Å². The lowest BCUT2D eigenvalue weighted by atomic mass is 10.2. The second-order valence-electron chi connectivity index (χ2n) is 4.02. The summed E-state index contributed by atoms with van der Waals surface area (Å²) in [6.07, 6.45) is 0. The Morgan fingerprint density at radius 2 is 1.78 bits per heavy atom. The molecule has 2 nitrogen and oxygen atoms in total. The zero-order chi connectivity index (χ0) is 12.4. The number of pyridine rings is 1. The molecule has 3 aromatic rings. The lowest BCUT2D eigenvalue weighted by Crippen LogP contribution is -1.93. The minimum Gasteiger partial charge on any atom is -0.340 e. The van der Waals surface area contributed by atoms with Crippen molar-refractivity contribution in [3.8, 4) is 0 Å². The number of hydrogen-bond donors (Lipinski definition) is 1. The maximum Gasteiger partial charge on any atom is 0.131 e. The van der Waals surface area contributed by atoms with Gasteiger partial charge < -0.3 is 5.32 Å². The summed E-state index contributed by atoms with van der Waals surface area (Å²) in [4.78, 5) is 4.57. The van der Waals surface area contributed by atoms with Crippen LogP contribution >= 0.6 is 15.9 Å². The number of nitrogens with one attached hydrogen (secondary N) is 1. The van der Waals surface area contributed by atoms with E-state index in [4.69, 9.17) is 0 Å². The average molecular weight is 299 g/mol. The molecule has 3 heteroatoms. The zero-order valence-electron chi connectivity index (χ0n) is 9.60. The van der Waals surface area contributed by atoms with Crippen molar-refractivity contribution >= 4 is 38.3 Å². The van der Waals surface area contributed by atoms with Gasteiger partial charge in [0.2, 0.25) is 0 Å². The zero-order valence-corrected chi connectivity index (χ0v) is 11.2. The second kappa shape index (κ2) is 4.78. The van der Waals surface area contributed by atoms with E-state index in [9.17, 15) is 0 Å². The highest BCUT2D eigenvalue weighted by atomic mass is 79.9. The van der Waals surface area contributed by atoms with E-state index in [1.165, 1.54) is 0 Å². The van der Waals surface area contributed by atoms with Gasteiger partial charge in [0, 0.05) is 15.5 Å². The van der Waals surface area contributed by atoms with E-state index in [0.717, 1.165) is 26.9 Å². The molecule has 0 aliphatic heterocycles. The van der Waals surface area contributed by atoms with Gasteiger partial charge in [-0.05, 0) is 36.4 Å². The highest BCUT2D eigenvalue weighted by Gasteiger charge is 1.99. The second-order valence-corrected chi connectivity index (χ2v) is 4.94. The van der Waals surface area contributed by atoms with Gasteiger partial charge in [0.1, 0.15) is 5.82 Å². The van der Waals surface area contributed by atoms with E-state index < -0.39 is 0 Å². The topological polar surface area (TPSA) is 24.9 Å². The summed E-state index contributed by atoms with van der Waals surface area (Å²) in [5.41, 5.74) is 2.02. The minimum atomic E-state index is 0.854. The molecule has 0 aliphatic rings. The first-order valence-corrected chi connectivity index (χ1v) is 6.49. The molecule has 3 rings (SSSR count). The smallest absolute Gasteiger partial charge is 0.131 e. The van der Waals surface area contributed by atoms with Crippen molar-refractivity contribution in [3.63, 3.8) is 0 Å². The van der Waals surface area contributed by atoms with Crippen LogP contribution in [0, 0.1) is 0 Å². The fourth-order valence-corrected chi connectivity index (χ4v) is 2.25. The Balaban J connectivity index is 1.95. The molecule has 0 saturated carbocycles. The largest absolute Gasteiger partial charge is 0.340 e. The van der Waals surface area contributed by atoms with Crippen LogP contribution in [-0.2, 0) is 0 Å². The molecule has 0 saturated heterocycles. The summed E-state index contributed by atoms with van der Waals surface area (Å²) in [6, 6.07) is 20.2. The first-order chi connectivity index (χ1) is 8.81. The third-order valence-electron chi connectivity index (χ3n) is 2.70. The summed E-state index contributed by atoms with van der Waals surface area (Å²) in [7, 11) is 0. The van der Waals surface area contributed by atoms with E-state index in [-0.39, 0.29) is 0 Å². The Bertz CT molecular complexity index is 695. The van der Waals surface area contributed by atoms with E-state index in [1.54, 1.807) is 0 Å². The number of hydrogen-bond acceptors (Lipinski definition) is 2. The summed E-state index contributed by atoms with van der Waals surface area (Å²) < 4.78 is 1.05. The van der Waals surface area contributed by atoms with Gasteiger partial charge >= 0.3 is 0 Å². The molecule has 0 radical (unpaired) electrons. The van der Waals surface area contributed by atoms with Gasteiger partial charge in [-0.25, -0.2) is 4.98 Å². The maximum absolute atomic E-state index is 4.57. The molecular formula is C15H11BrN2. The van der Waals surface area contributed by atoms with Crippen LogP contribution in [0.5, 0.6) is 0 Å². The molecule has 0 aliphatic carbocycles. The molecule has 0 bridgehead atoms. The third-order valence-corrected chi connectivity index (χ3v) is 3.19. The number of para-hydroxylation sites is 1. The first kappa shape index (κ1) is 11.2. The van der Waals surface area contributed by atoms with Crippen LogP contribution < -0.4 is 5.32 Å². The predicted octanol–water partition coefficient (Wildman–Crippen LogP) is 4.74. The van der Waals surface area contributed by atoms with Crippen molar-refractivity contribution in [2.75, 3.05) is 5.32 Å². The number of aromatic nitrogens is 1. The Labute approximate surface area is 114 Å². The van der Waals surface area contributed by atoms with Gasteiger partial charge in [-0.3, -0.25) is 0 Å². The van der Waals surface area contributed by atoms with Crippen LogP contribution in [0.25, 0.3) is 10.9 Å². The molecule has 0 amide bonds. The van der Waals surface area contributed by atoms with Crippen LogP contribution in [0.15, 0.2) is 65.1 Å². The van der Waals surface area contributed by atoms with Crippen molar-refractivity contribution in [1.29, 1.82) is 0 Å². The standard InChI is InChI=1S/C15H11BrN2/c16-12-5-3-6-13(10-12)17-15-9-8-11-4-1-2-7-14(11)18-15/h1-10H,(H,17,18). The van der Waals surface area contributed by atoms with E-state index in [2.05, 4.69) is 38.4 Å². The molecule has 0 atom stereocenters. The molecule has 0 unspecified atom stereocenters. The SMILES string of the molecule is Brc1cccc(Nc2ccc3ccccc3n2)c1. The lowest BCUT2D eigenvalue weighted by molar-refractivity contribution is 1.37. The van der Waals surface area contributed by atoms with Gasteiger partial charge in [0.05, 0.1) is 5.52 Å². The number of anilines is 2. The minimum absolute atomic E-state index is 0.854. The predicted molar refractivity (Wildman–Crippen MR) is 79.2 cm³/mol. The van der Waals surface area contributed by atoms with E-state index >= 15 is 0 Å². The Morgan fingerprint density at radius 1 is 0.889 bits per heavy atom. The Hall–Kier alpha value is -1.87. The van der Waals surface area contributed by atoms with Crippen molar-refractivity contribution in [2.45, 2.75) is 0 Å². The average Bonchev–Trinajstić information content (AvgIpc) is 2.39. The van der Waals surface area contributed by atoms with Crippen LogP contribution in [0.1, 0.15) is 0 Å². The monoisotopic (exact) mass is 298 g/mol. The van der Waals surface area contributed by atoms with Gasteiger partial charge in [-0.2, -0.15) is 0 Å². The molecule has 0 fully saturated rings. The lowest BCUT2D eigenvalue weighted by Gasteiger charge is -2.06. The number of rotatable bonds is 2. The fraction of sp³-hybridized carbons (Fsp3) is 0. The Kier molecular flexibility index (Phi) is 2.99. The van der Waals surface area contributed by atoms with Crippen LogP contribution in [0.2, 0.25) is 0 Å². The summed E-state index contributed by atoms with van der Waals surface area (Å²) in [5, 5.41) is 4.45. The Morgan fingerprint density at radius 3 is 2.67 bits per heavy atom. The van der Waals surface area contributed by atoms with Crippen molar-refractivity contribution in [2.24, 2.45) is 0 Å². The highest BCUT2D eigenvalue weighted by molar-refractivity contribution is 9.10. The molecule has 18 heavy (non-hydrogen) atoms.